The van der Waals surface area contributed by atoms with Crippen LogP contribution >= 0.6 is 24.0 Å². The zero-order valence-electron chi connectivity index (χ0n) is 10.6. The van der Waals surface area contributed by atoms with Crippen molar-refractivity contribution < 1.29 is 0 Å². The Labute approximate surface area is 119 Å². The van der Waals surface area contributed by atoms with Crippen molar-refractivity contribution in [3.05, 3.63) is 18.0 Å². The third-order valence-corrected chi connectivity index (χ3v) is 2.66. The third kappa shape index (κ3) is 4.18. The van der Waals surface area contributed by atoms with E-state index in [1.165, 1.54) is 18.4 Å². The van der Waals surface area contributed by atoms with Crippen molar-refractivity contribution in [1.29, 1.82) is 0 Å². The Hall–Kier alpha value is -0.790. The molecule has 1 aliphatic rings. The lowest BCUT2D eigenvalue weighted by molar-refractivity contribution is 0.476. The Morgan fingerprint density at radius 3 is 2.82 bits per heavy atom. The third-order valence-electron chi connectivity index (χ3n) is 2.66. The van der Waals surface area contributed by atoms with Crippen molar-refractivity contribution in [2.24, 2.45) is 12.0 Å². The zero-order chi connectivity index (χ0) is 11.5. The predicted molar refractivity (Wildman–Crippen MR) is 79.6 cm³/mol. The van der Waals surface area contributed by atoms with E-state index in [4.69, 9.17) is 0 Å². The van der Waals surface area contributed by atoms with Gasteiger partial charge >= 0.3 is 0 Å². The summed E-state index contributed by atoms with van der Waals surface area (Å²) in [6.45, 7) is 0.834. The molecule has 1 fully saturated rings. The van der Waals surface area contributed by atoms with Gasteiger partial charge in [0.1, 0.15) is 0 Å². The maximum Gasteiger partial charge on any atom is 0.193 e. The Morgan fingerprint density at radius 1 is 1.65 bits per heavy atom. The fourth-order valence-corrected chi connectivity index (χ4v) is 1.66. The number of rotatable bonds is 3. The second kappa shape index (κ2) is 6.23. The van der Waals surface area contributed by atoms with E-state index in [1.54, 1.807) is 0 Å². The molecule has 0 atom stereocenters. The van der Waals surface area contributed by atoms with Gasteiger partial charge in [0.15, 0.2) is 5.96 Å². The number of aliphatic imine (C=N–C) groups is 1. The van der Waals surface area contributed by atoms with Gasteiger partial charge in [-0.1, -0.05) is 0 Å². The number of nitrogens with one attached hydrogen (secondary N) is 1. The lowest BCUT2D eigenvalue weighted by atomic mass is 10.3. The lowest BCUT2D eigenvalue weighted by Crippen LogP contribution is -2.39. The molecule has 0 aromatic carbocycles. The number of hydrogen-bond donors (Lipinski definition) is 1. The van der Waals surface area contributed by atoms with E-state index < -0.39 is 0 Å². The molecule has 5 nitrogen and oxygen atoms in total. The largest absolute Gasteiger partial charge is 0.354 e. The van der Waals surface area contributed by atoms with Gasteiger partial charge in [-0.3, -0.25) is 9.67 Å². The first-order valence-corrected chi connectivity index (χ1v) is 5.61. The number of aryl methyl sites for hydroxylation is 1. The summed E-state index contributed by atoms with van der Waals surface area (Å²) in [4.78, 5) is 6.40. The maximum atomic E-state index is 4.28. The Bertz CT molecular complexity index is 383. The normalized spacial score (nSPS) is 15.4. The molecule has 0 bridgehead atoms. The number of nitrogens with zero attached hydrogens (tertiary/aromatic N) is 4. The molecule has 1 aromatic rings. The Morgan fingerprint density at radius 2 is 2.35 bits per heavy atom. The van der Waals surface area contributed by atoms with Crippen molar-refractivity contribution in [2.75, 3.05) is 14.1 Å². The standard InChI is InChI=1S/C11H19N5.HI/c1-12-11(14-10-4-5-10)15(2)7-9-6-13-16(3)8-9;/h6,8,10H,4-5,7H2,1-3H3,(H,12,14);1H. The van der Waals surface area contributed by atoms with E-state index in [9.17, 15) is 0 Å². The van der Waals surface area contributed by atoms with E-state index >= 15 is 0 Å². The van der Waals surface area contributed by atoms with Gasteiger partial charge in [-0.2, -0.15) is 5.10 Å². The molecule has 0 aliphatic heterocycles. The molecule has 2 rings (SSSR count). The van der Waals surface area contributed by atoms with Crippen LogP contribution in [0.3, 0.4) is 0 Å². The fraction of sp³-hybridized carbons (Fsp3) is 0.636. The SMILES string of the molecule is CN=C(NC1CC1)N(C)Cc1cnn(C)c1.I. The smallest absolute Gasteiger partial charge is 0.193 e. The molecular formula is C11H20IN5. The van der Waals surface area contributed by atoms with Crippen LogP contribution in [0.25, 0.3) is 0 Å². The minimum absolute atomic E-state index is 0. The van der Waals surface area contributed by atoms with Crippen LogP contribution in [-0.2, 0) is 13.6 Å². The molecule has 0 radical (unpaired) electrons. The molecule has 1 N–H and O–H groups in total. The fourth-order valence-electron chi connectivity index (χ4n) is 1.66. The molecule has 0 unspecified atom stereocenters. The Balaban J connectivity index is 0.00000144. The number of halogens is 1. The van der Waals surface area contributed by atoms with E-state index in [0.29, 0.717) is 6.04 Å². The van der Waals surface area contributed by atoms with Crippen molar-refractivity contribution in [3.8, 4) is 0 Å². The highest BCUT2D eigenvalue weighted by Crippen LogP contribution is 2.19. The van der Waals surface area contributed by atoms with Crippen LogP contribution in [-0.4, -0.2) is 40.8 Å². The minimum Gasteiger partial charge on any atom is -0.354 e. The molecule has 0 saturated heterocycles. The maximum absolute atomic E-state index is 4.28. The molecule has 1 aromatic heterocycles. The van der Waals surface area contributed by atoms with Crippen LogP contribution in [0.15, 0.2) is 17.4 Å². The van der Waals surface area contributed by atoms with E-state index in [1.807, 2.05) is 38.2 Å². The second-order valence-corrected chi connectivity index (χ2v) is 4.34. The quantitative estimate of drug-likeness (QED) is 0.507. The first-order valence-electron chi connectivity index (χ1n) is 5.61. The van der Waals surface area contributed by atoms with Gasteiger partial charge in [-0.15, -0.1) is 24.0 Å². The van der Waals surface area contributed by atoms with Gasteiger partial charge in [0, 0.05) is 45.5 Å². The summed E-state index contributed by atoms with van der Waals surface area (Å²) in [7, 11) is 5.80. The predicted octanol–water partition coefficient (Wildman–Crippen LogP) is 1.21. The molecule has 0 amide bonds. The van der Waals surface area contributed by atoms with Crippen LogP contribution < -0.4 is 5.32 Å². The molecule has 96 valence electrons. The van der Waals surface area contributed by atoms with E-state index in [0.717, 1.165) is 12.5 Å². The Kier molecular flexibility index (Phi) is 5.23. The molecule has 17 heavy (non-hydrogen) atoms. The van der Waals surface area contributed by atoms with E-state index in [-0.39, 0.29) is 24.0 Å². The van der Waals surface area contributed by atoms with Crippen LogP contribution in [0, 0.1) is 0 Å². The highest BCUT2D eigenvalue weighted by molar-refractivity contribution is 14.0. The monoisotopic (exact) mass is 349 g/mol. The van der Waals surface area contributed by atoms with Gasteiger partial charge in [0.25, 0.3) is 0 Å². The first kappa shape index (κ1) is 14.3. The molecular weight excluding hydrogens is 329 g/mol. The van der Waals surface area contributed by atoms with Crippen molar-refractivity contribution in [1.82, 2.24) is 20.0 Å². The zero-order valence-corrected chi connectivity index (χ0v) is 12.9. The van der Waals surface area contributed by atoms with Gasteiger partial charge in [0.2, 0.25) is 0 Å². The summed E-state index contributed by atoms with van der Waals surface area (Å²) in [5.74, 6) is 0.964. The van der Waals surface area contributed by atoms with Gasteiger partial charge in [-0.25, -0.2) is 0 Å². The summed E-state index contributed by atoms with van der Waals surface area (Å²) < 4.78 is 1.82. The van der Waals surface area contributed by atoms with E-state index in [2.05, 4.69) is 20.3 Å². The summed E-state index contributed by atoms with van der Waals surface area (Å²) in [6, 6.07) is 0.634. The van der Waals surface area contributed by atoms with Gasteiger partial charge in [-0.05, 0) is 12.8 Å². The summed E-state index contributed by atoms with van der Waals surface area (Å²) in [5, 5.41) is 7.57. The molecule has 1 heterocycles. The van der Waals surface area contributed by atoms with Crippen molar-refractivity contribution in [3.63, 3.8) is 0 Å². The molecule has 0 spiro atoms. The van der Waals surface area contributed by atoms with Gasteiger partial charge in [0.05, 0.1) is 6.20 Å². The lowest BCUT2D eigenvalue weighted by Gasteiger charge is -2.21. The average Bonchev–Trinajstić information content (AvgIpc) is 2.98. The molecule has 1 saturated carbocycles. The average molecular weight is 349 g/mol. The highest BCUT2D eigenvalue weighted by Gasteiger charge is 2.23. The second-order valence-electron chi connectivity index (χ2n) is 4.34. The summed E-state index contributed by atoms with van der Waals surface area (Å²) >= 11 is 0. The van der Waals surface area contributed by atoms with Crippen LogP contribution in [0.1, 0.15) is 18.4 Å². The number of aromatic nitrogens is 2. The summed E-state index contributed by atoms with van der Waals surface area (Å²) in [6.07, 6.45) is 6.45. The summed E-state index contributed by atoms with van der Waals surface area (Å²) in [5.41, 5.74) is 1.20. The topological polar surface area (TPSA) is 45.5 Å². The van der Waals surface area contributed by atoms with Gasteiger partial charge < -0.3 is 10.2 Å². The van der Waals surface area contributed by atoms with Crippen LogP contribution in [0.5, 0.6) is 0 Å². The molecule has 1 aliphatic carbocycles. The minimum atomic E-state index is 0. The highest BCUT2D eigenvalue weighted by atomic mass is 127. The van der Waals surface area contributed by atoms with Crippen molar-refractivity contribution >= 4 is 29.9 Å². The van der Waals surface area contributed by atoms with Crippen molar-refractivity contribution in [2.45, 2.75) is 25.4 Å². The van der Waals surface area contributed by atoms with Crippen LogP contribution in [0.2, 0.25) is 0 Å². The number of guanidine groups is 1. The van der Waals surface area contributed by atoms with Crippen LogP contribution in [0.4, 0.5) is 0 Å². The number of hydrogen-bond acceptors (Lipinski definition) is 2. The first-order chi connectivity index (χ1) is 7.69. The molecule has 6 heteroatoms.